The molecule has 0 radical (unpaired) electrons. The summed E-state index contributed by atoms with van der Waals surface area (Å²) in [6.07, 6.45) is 17.0. The Hall–Kier alpha value is -0.850. The Balaban J connectivity index is 2.47. The molecule has 0 spiro atoms. The summed E-state index contributed by atoms with van der Waals surface area (Å²) in [5, 5.41) is 64.7. The van der Waals surface area contributed by atoms with Crippen LogP contribution in [0.1, 0.15) is 168 Å². The van der Waals surface area contributed by atoms with Crippen molar-refractivity contribution in [1.29, 1.82) is 0 Å². The lowest BCUT2D eigenvalue weighted by Gasteiger charge is -2.40. The molecule has 1 aliphatic heterocycles. The van der Waals surface area contributed by atoms with E-state index in [0.717, 1.165) is 44.9 Å². The van der Waals surface area contributed by atoms with E-state index in [9.17, 15) is 35.4 Å². The van der Waals surface area contributed by atoms with Crippen LogP contribution >= 0.6 is 0 Å². The van der Waals surface area contributed by atoms with Crippen LogP contribution < -0.4 is 5.32 Å². The number of hydrogen-bond donors (Lipinski definition) is 7. The van der Waals surface area contributed by atoms with Crippen LogP contribution in [0.25, 0.3) is 0 Å². The fourth-order valence-corrected chi connectivity index (χ4v) is 6.31. The van der Waals surface area contributed by atoms with Crippen LogP contribution in [0.2, 0.25) is 0 Å². The van der Waals surface area contributed by atoms with Gasteiger partial charge < -0.3 is 45.4 Å². The van der Waals surface area contributed by atoms with Gasteiger partial charge in [-0.2, -0.15) is 0 Å². The predicted molar refractivity (Wildman–Crippen MR) is 186 cm³/mol. The quantitative estimate of drug-likeness (QED) is 0.0475. The molecule has 280 valence electrons. The van der Waals surface area contributed by atoms with Gasteiger partial charge in [-0.3, -0.25) is 4.79 Å². The van der Waals surface area contributed by atoms with Crippen LogP contribution in [0.4, 0.5) is 0 Å². The minimum atomic E-state index is -1.60. The summed E-state index contributed by atoms with van der Waals surface area (Å²) in [6.45, 7) is 3.54. The first-order valence-corrected chi connectivity index (χ1v) is 19.3. The molecule has 2 unspecified atom stereocenters. The van der Waals surface area contributed by atoms with E-state index in [1.165, 1.54) is 96.3 Å². The van der Waals surface area contributed by atoms with Gasteiger partial charge in [-0.25, -0.2) is 0 Å². The van der Waals surface area contributed by atoms with Gasteiger partial charge in [-0.1, -0.05) is 149 Å². The zero-order valence-corrected chi connectivity index (χ0v) is 29.9. The van der Waals surface area contributed by atoms with Crippen LogP contribution in [-0.4, -0.2) is 98.7 Å². The third-order valence-corrected chi connectivity index (χ3v) is 9.55. The summed E-state index contributed by atoms with van der Waals surface area (Å²) in [5.41, 5.74) is 0. The molecule has 7 N–H and O–H groups in total. The molecule has 0 saturated carbocycles. The number of amides is 1. The highest BCUT2D eigenvalue weighted by Gasteiger charge is 2.44. The first-order valence-electron chi connectivity index (χ1n) is 19.3. The van der Waals surface area contributed by atoms with Crippen LogP contribution in [0, 0.1) is 0 Å². The molecular formula is C37H73NO9. The minimum absolute atomic E-state index is 0.263. The van der Waals surface area contributed by atoms with Gasteiger partial charge in [0.1, 0.15) is 30.5 Å². The third kappa shape index (κ3) is 20.4. The normalized spacial score (nSPS) is 23.4. The Morgan fingerprint density at radius 1 is 0.660 bits per heavy atom. The molecule has 1 fully saturated rings. The molecule has 8 atom stereocenters. The van der Waals surface area contributed by atoms with Gasteiger partial charge in [0, 0.05) is 6.42 Å². The molecule has 0 aliphatic carbocycles. The number of aliphatic hydroxyl groups excluding tert-OH is 6. The van der Waals surface area contributed by atoms with Crippen LogP contribution in [0.3, 0.4) is 0 Å². The summed E-state index contributed by atoms with van der Waals surface area (Å²) in [4.78, 5) is 12.8. The van der Waals surface area contributed by atoms with Crippen molar-refractivity contribution in [2.75, 3.05) is 13.2 Å². The molecule has 0 bridgehead atoms. The standard InChI is InChI=1S/C37H73NO9/c1-3-5-7-9-11-13-14-15-16-17-18-19-21-23-25-30(40)33(42)29(38-32(41)26-24-22-20-12-10-8-6-4-2)28-46-37-36(45)35(44)34(43)31(27-39)47-37/h29-31,33-37,39-40,42-45H,3-28H2,1-2H3,(H,38,41)/t29-,30+,31+,33-,34+,35?,36?,37+/m0/s1. The summed E-state index contributed by atoms with van der Waals surface area (Å²) >= 11 is 0. The van der Waals surface area contributed by atoms with Gasteiger partial charge in [-0.15, -0.1) is 0 Å². The van der Waals surface area contributed by atoms with Crippen LogP contribution in [-0.2, 0) is 14.3 Å². The molecule has 1 heterocycles. The van der Waals surface area contributed by atoms with Crippen LogP contribution in [0.5, 0.6) is 0 Å². The summed E-state index contributed by atoms with van der Waals surface area (Å²) in [6, 6.07) is -0.981. The fourth-order valence-electron chi connectivity index (χ4n) is 6.31. The number of rotatable bonds is 31. The van der Waals surface area contributed by atoms with E-state index in [2.05, 4.69) is 19.2 Å². The third-order valence-electron chi connectivity index (χ3n) is 9.55. The number of carbonyl (C=O) groups excluding carboxylic acids is 1. The highest BCUT2D eigenvalue weighted by molar-refractivity contribution is 5.76. The average molecular weight is 676 g/mol. The zero-order valence-electron chi connectivity index (χ0n) is 29.9. The van der Waals surface area contributed by atoms with E-state index in [1.54, 1.807) is 0 Å². The molecule has 10 nitrogen and oxygen atoms in total. The van der Waals surface area contributed by atoms with Crippen molar-refractivity contribution >= 4 is 5.91 Å². The van der Waals surface area contributed by atoms with E-state index >= 15 is 0 Å². The molecule has 1 saturated heterocycles. The lowest BCUT2D eigenvalue weighted by Crippen LogP contribution is -2.60. The van der Waals surface area contributed by atoms with Gasteiger partial charge in [0.05, 0.1) is 25.4 Å². The fraction of sp³-hybridized carbons (Fsp3) is 0.973. The minimum Gasteiger partial charge on any atom is -0.394 e. The highest BCUT2D eigenvalue weighted by atomic mass is 16.7. The number of nitrogens with one attached hydrogen (secondary N) is 1. The largest absolute Gasteiger partial charge is 0.394 e. The first-order chi connectivity index (χ1) is 22.8. The SMILES string of the molecule is CCCCCCCCCCCCCCCC[C@@H](O)[C@@H](O)[C@H](CO[C@@H]1O[C@H](CO)[C@@H](O)C(O)C1O)NC(=O)CCCCCCCCCC. The number of aliphatic hydroxyl groups is 6. The number of carbonyl (C=O) groups is 1. The topological polar surface area (TPSA) is 169 Å². The Labute approximate surface area is 286 Å². The number of ether oxygens (including phenoxy) is 2. The Morgan fingerprint density at radius 2 is 1.11 bits per heavy atom. The van der Waals surface area contributed by atoms with Crippen molar-refractivity contribution < 1.29 is 44.9 Å². The first kappa shape index (κ1) is 44.2. The van der Waals surface area contributed by atoms with Gasteiger partial charge >= 0.3 is 0 Å². The van der Waals surface area contributed by atoms with Gasteiger partial charge in [-0.05, 0) is 12.8 Å². The maximum absolute atomic E-state index is 12.8. The van der Waals surface area contributed by atoms with Gasteiger partial charge in [0.2, 0.25) is 5.91 Å². The van der Waals surface area contributed by atoms with Crippen molar-refractivity contribution in [2.24, 2.45) is 0 Å². The molecule has 1 rings (SSSR count). The lowest BCUT2D eigenvalue weighted by atomic mass is 9.98. The second-order valence-electron chi connectivity index (χ2n) is 13.9. The van der Waals surface area contributed by atoms with Crippen molar-refractivity contribution in [2.45, 2.75) is 217 Å². The molecule has 1 amide bonds. The Kier molecular flexibility index (Phi) is 27.2. The Morgan fingerprint density at radius 3 is 1.57 bits per heavy atom. The monoisotopic (exact) mass is 676 g/mol. The van der Waals surface area contributed by atoms with E-state index in [-0.39, 0.29) is 18.9 Å². The van der Waals surface area contributed by atoms with Crippen molar-refractivity contribution in [3.8, 4) is 0 Å². The predicted octanol–water partition coefficient (Wildman–Crippen LogP) is 5.41. The molecule has 0 aromatic carbocycles. The highest BCUT2D eigenvalue weighted by Crippen LogP contribution is 2.23. The lowest BCUT2D eigenvalue weighted by molar-refractivity contribution is -0.303. The van der Waals surface area contributed by atoms with Gasteiger partial charge in [0.25, 0.3) is 0 Å². The van der Waals surface area contributed by atoms with E-state index in [4.69, 9.17) is 9.47 Å². The van der Waals surface area contributed by atoms with Crippen molar-refractivity contribution in [3.63, 3.8) is 0 Å². The molecule has 0 aromatic rings. The molecule has 10 heteroatoms. The number of hydrogen-bond acceptors (Lipinski definition) is 9. The molecular weight excluding hydrogens is 602 g/mol. The molecule has 1 aliphatic rings. The molecule has 0 aromatic heterocycles. The second-order valence-corrected chi connectivity index (χ2v) is 13.9. The maximum Gasteiger partial charge on any atom is 0.220 e. The molecule has 47 heavy (non-hydrogen) atoms. The second kappa shape index (κ2) is 28.9. The van der Waals surface area contributed by atoms with Crippen LogP contribution in [0.15, 0.2) is 0 Å². The van der Waals surface area contributed by atoms with E-state index in [1.807, 2.05) is 0 Å². The van der Waals surface area contributed by atoms with Crippen molar-refractivity contribution in [3.05, 3.63) is 0 Å². The maximum atomic E-state index is 12.8. The van der Waals surface area contributed by atoms with E-state index < -0.39 is 55.6 Å². The summed E-state index contributed by atoms with van der Waals surface area (Å²) in [7, 11) is 0. The average Bonchev–Trinajstić information content (AvgIpc) is 3.07. The van der Waals surface area contributed by atoms with E-state index in [0.29, 0.717) is 6.42 Å². The van der Waals surface area contributed by atoms with Crippen molar-refractivity contribution in [1.82, 2.24) is 5.32 Å². The summed E-state index contributed by atoms with van der Waals surface area (Å²) < 4.78 is 11.1. The summed E-state index contributed by atoms with van der Waals surface area (Å²) in [5.74, 6) is -0.263. The van der Waals surface area contributed by atoms with Gasteiger partial charge in [0.15, 0.2) is 6.29 Å². The Bertz CT molecular complexity index is 728. The number of unbranched alkanes of at least 4 members (excludes halogenated alkanes) is 20. The zero-order chi connectivity index (χ0) is 34.7. The smallest absolute Gasteiger partial charge is 0.220 e.